The number of nitrogens with one attached hydrogen (secondary N) is 1. The molecular formula is C26H23ClN4O3. The summed E-state index contributed by atoms with van der Waals surface area (Å²) in [4.78, 5) is 30.9. The Kier molecular flexibility index (Phi) is 7.34. The smallest absolute Gasteiger partial charge is 0.257 e. The van der Waals surface area contributed by atoms with E-state index >= 15 is 0 Å². The van der Waals surface area contributed by atoms with Gasteiger partial charge in [-0.25, -0.2) is 0 Å². The molecule has 8 heteroatoms. The second-order valence-corrected chi connectivity index (χ2v) is 8.18. The SMILES string of the molecule is CN(CCc1noc(-c2ccc(C(=O)NCc3ccc(Cl)cc3)cc2)n1)C(=O)c1ccccc1. The van der Waals surface area contributed by atoms with Crippen LogP contribution in [0.3, 0.4) is 0 Å². The van der Waals surface area contributed by atoms with Crippen molar-refractivity contribution in [3.63, 3.8) is 0 Å². The minimum atomic E-state index is -0.182. The lowest BCUT2D eigenvalue weighted by Crippen LogP contribution is -2.29. The van der Waals surface area contributed by atoms with Gasteiger partial charge in [0.15, 0.2) is 5.82 Å². The van der Waals surface area contributed by atoms with Crippen molar-refractivity contribution in [2.75, 3.05) is 13.6 Å². The number of halogens is 1. The molecule has 0 aliphatic heterocycles. The first-order valence-corrected chi connectivity index (χ1v) is 11.1. The maximum atomic E-state index is 12.4. The molecule has 0 spiro atoms. The third kappa shape index (κ3) is 5.88. The van der Waals surface area contributed by atoms with Crippen molar-refractivity contribution >= 4 is 23.4 Å². The first-order valence-electron chi connectivity index (χ1n) is 10.8. The van der Waals surface area contributed by atoms with E-state index in [4.69, 9.17) is 16.1 Å². The third-order valence-electron chi connectivity index (χ3n) is 5.27. The number of nitrogens with zero attached hydrogens (tertiary/aromatic N) is 3. The molecule has 0 aliphatic carbocycles. The highest BCUT2D eigenvalue weighted by atomic mass is 35.5. The molecule has 0 bridgehead atoms. The van der Waals surface area contributed by atoms with E-state index in [-0.39, 0.29) is 11.8 Å². The van der Waals surface area contributed by atoms with E-state index in [1.807, 2.05) is 30.3 Å². The van der Waals surface area contributed by atoms with E-state index in [1.54, 1.807) is 60.5 Å². The highest BCUT2D eigenvalue weighted by Crippen LogP contribution is 2.18. The number of amides is 2. The molecule has 0 unspecified atom stereocenters. The summed E-state index contributed by atoms with van der Waals surface area (Å²) >= 11 is 5.88. The molecule has 4 aromatic rings. The van der Waals surface area contributed by atoms with Gasteiger partial charge in [-0.05, 0) is 54.1 Å². The van der Waals surface area contributed by atoms with Gasteiger partial charge in [0.25, 0.3) is 17.7 Å². The Morgan fingerprint density at radius 2 is 1.65 bits per heavy atom. The molecule has 0 saturated heterocycles. The monoisotopic (exact) mass is 474 g/mol. The summed E-state index contributed by atoms with van der Waals surface area (Å²) in [6, 6.07) is 23.4. The molecule has 0 radical (unpaired) electrons. The van der Waals surface area contributed by atoms with Crippen LogP contribution in [0.2, 0.25) is 5.02 Å². The van der Waals surface area contributed by atoms with Gasteiger partial charge in [0.05, 0.1) is 0 Å². The molecule has 1 aromatic heterocycles. The summed E-state index contributed by atoms with van der Waals surface area (Å²) in [5.41, 5.74) is 2.83. The van der Waals surface area contributed by atoms with Crippen LogP contribution in [-0.4, -0.2) is 40.4 Å². The zero-order valence-corrected chi connectivity index (χ0v) is 19.3. The predicted molar refractivity (Wildman–Crippen MR) is 129 cm³/mol. The minimum Gasteiger partial charge on any atom is -0.348 e. The average molecular weight is 475 g/mol. The molecule has 3 aromatic carbocycles. The minimum absolute atomic E-state index is 0.0609. The van der Waals surface area contributed by atoms with Gasteiger partial charge in [0.2, 0.25) is 0 Å². The summed E-state index contributed by atoms with van der Waals surface area (Å²) in [5, 5.41) is 7.55. The Morgan fingerprint density at radius 3 is 2.35 bits per heavy atom. The second-order valence-electron chi connectivity index (χ2n) is 7.74. The zero-order valence-electron chi connectivity index (χ0n) is 18.6. The molecule has 2 amide bonds. The zero-order chi connectivity index (χ0) is 23.9. The first-order chi connectivity index (χ1) is 16.5. The average Bonchev–Trinajstić information content (AvgIpc) is 3.36. The van der Waals surface area contributed by atoms with Crippen LogP contribution in [0.15, 0.2) is 83.4 Å². The maximum absolute atomic E-state index is 12.4. The lowest BCUT2D eigenvalue weighted by molar-refractivity contribution is 0.0795. The molecule has 7 nitrogen and oxygen atoms in total. The Labute approximate surface area is 202 Å². The van der Waals surface area contributed by atoms with Crippen LogP contribution in [0.1, 0.15) is 32.1 Å². The van der Waals surface area contributed by atoms with Gasteiger partial charge in [-0.1, -0.05) is 47.1 Å². The van der Waals surface area contributed by atoms with Gasteiger partial charge in [-0.3, -0.25) is 9.59 Å². The van der Waals surface area contributed by atoms with Gasteiger partial charge in [0, 0.05) is 48.3 Å². The summed E-state index contributed by atoms with van der Waals surface area (Å²) in [5.74, 6) is 0.626. The number of benzene rings is 3. The normalized spacial score (nSPS) is 10.6. The van der Waals surface area contributed by atoms with Crippen LogP contribution in [0.4, 0.5) is 0 Å². The molecule has 0 atom stereocenters. The molecule has 0 saturated carbocycles. The summed E-state index contributed by atoms with van der Waals surface area (Å²) in [6.45, 7) is 0.866. The fourth-order valence-electron chi connectivity index (χ4n) is 3.29. The Balaban J connectivity index is 1.31. The van der Waals surface area contributed by atoms with Crippen molar-refractivity contribution in [2.45, 2.75) is 13.0 Å². The van der Waals surface area contributed by atoms with E-state index in [9.17, 15) is 9.59 Å². The standard InChI is InChI=1S/C26H23ClN4O3/c1-31(26(33)21-5-3-2-4-6-21)16-15-23-29-25(34-30-23)20-11-9-19(10-12-20)24(32)28-17-18-7-13-22(27)14-8-18/h2-14H,15-17H2,1H3,(H,28,32). The van der Waals surface area contributed by atoms with Crippen molar-refractivity contribution in [2.24, 2.45) is 0 Å². The Morgan fingerprint density at radius 1 is 0.941 bits per heavy atom. The number of hydrogen-bond acceptors (Lipinski definition) is 5. The van der Waals surface area contributed by atoms with Gasteiger partial charge < -0.3 is 14.7 Å². The highest BCUT2D eigenvalue weighted by Gasteiger charge is 2.14. The van der Waals surface area contributed by atoms with Gasteiger partial charge in [0.1, 0.15) is 0 Å². The van der Waals surface area contributed by atoms with Crippen molar-refractivity contribution < 1.29 is 14.1 Å². The van der Waals surface area contributed by atoms with Crippen molar-refractivity contribution in [1.82, 2.24) is 20.4 Å². The number of likely N-dealkylation sites (N-methyl/N-ethyl adjacent to an activating group) is 1. The van der Waals surface area contributed by atoms with Gasteiger partial charge in [-0.15, -0.1) is 0 Å². The van der Waals surface area contributed by atoms with Crippen molar-refractivity contribution in [3.8, 4) is 11.5 Å². The van der Waals surface area contributed by atoms with E-state index in [0.717, 1.165) is 5.56 Å². The van der Waals surface area contributed by atoms with E-state index < -0.39 is 0 Å². The molecule has 1 N–H and O–H groups in total. The van der Waals surface area contributed by atoms with Crippen molar-refractivity contribution in [3.05, 3.63) is 106 Å². The topological polar surface area (TPSA) is 88.3 Å². The first kappa shape index (κ1) is 23.2. The fourth-order valence-corrected chi connectivity index (χ4v) is 3.42. The van der Waals surface area contributed by atoms with Gasteiger partial charge >= 0.3 is 0 Å². The molecule has 34 heavy (non-hydrogen) atoms. The summed E-state index contributed by atoms with van der Waals surface area (Å²) in [6.07, 6.45) is 0.462. The number of aromatic nitrogens is 2. The summed E-state index contributed by atoms with van der Waals surface area (Å²) in [7, 11) is 1.74. The lowest BCUT2D eigenvalue weighted by Gasteiger charge is -2.15. The van der Waals surface area contributed by atoms with Crippen LogP contribution in [0.5, 0.6) is 0 Å². The third-order valence-corrected chi connectivity index (χ3v) is 5.52. The molecule has 1 heterocycles. The Hall–Kier alpha value is -3.97. The van der Waals surface area contributed by atoms with Crippen LogP contribution < -0.4 is 5.32 Å². The summed E-state index contributed by atoms with van der Waals surface area (Å²) < 4.78 is 5.37. The largest absolute Gasteiger partial charge is 0.348 e. The number of carbonyl (C=O) groups is 2. The number of carbonyl (C=O) groups excluding carboxylic acids is 2. The van der Waals surface area contributed by atoms with Crippen LogP contribution in [0, 0.1) is 0 Å². The highest BCUT2D eigenvalue weighted by molar-refractivity contribution is 6.30. The predicted octanol–water partition coefficient (Wildman–Crippen LogP) is 4.63. The van der Waals surface area contributed by atoms with Crippen molar-refractivity contribution in [1.29, 1.82) is 0 Å². The van der Waals surface area contributed by atoms with E-state index in [2.05, 4.69) is 15.5 Å². The lowest BCUT2D eigenvalue weighted by atomic mass is 10.1. The molecular weight excluding hydrogens is 452 g/mol. The van der Waals surface area contributed by atoms with E-state index in [0.29, 0.717) is 52.9 Å². The van der Waals surface area contributed by atoms with Crippen LogP contribution >= 0.6 is 11.6 Å². The second kappa shape index (κ2) is 10.8. The number of rotatable bonds is 8. The van der Waals surface area contributed by atoms with Gasteiger partial charge in [-0.2, -0.15) is 4.98 Å². The molecule has 172 valence electrons. The molecule has 4 rings (SSSR count). The molecule has 0 aliphatic rings. The number of hydrogen-bond donors (Lipinski definition) is 1. The van der Waals surface area contributed by atoms with E-state index in [1.165, 1.54) is 0 Å². The fraction of sp³-hybridized carbons (Fsp3) is 0.154. The molecule has 0 fully saturated rings. The Bertz CT molecular complexity index is 1260. The van der Waals surface area contributed by atoms with Crippen LogP contribution in [0.25, 0.3) is 11.5 Å². The maximum Gasteiger partial charge on any atom is 0.257 e. The van der Waals surface area contributed by atoms with Crippen LogP contribution in [-0.2, 0) is 13.0 Å². The quantitative estimate of drug-likeness (QED) is 0.402.